The molecule has 150 valence electrons. The first-order valence-corrected chi connectivity index (χ1v) is 9.18. The third-order valence-electron chi connectivity index (χ3n) is 6.30. The van der Waals surface area contributed by atoms with Gasteiger partial charge in [-0.1, -0.05) is 0 Å². The lowest BCUT2D eigenvalue weighted by atomic mass is 9.48. The zero-order valence-corrected chi connectivity index (χ0v) is 14.8. The third kappa shape index (κ3) is 3.72. The highest BCUT2D eigenvalue weighted by Gasteiger charge is 2.61. The zero-order chi connectivity index (χ0) is 19.4. The Balaban J connectivity index is 1.51. The van der Waals surface area contributed by atoms with Crippen molar-refractivity contribution in [2.45, 2.75) is 81.8 Å². The monoisotopic (exact) mass is 382 g/mol. The van der Waals surface area contributed by atoms with Crippen molar-refractivity contribution in [2.24, 2.45) is 17.3 Å². The normalized spacial score (nSPS) is 37.7. The van der Waals surface area contributed by atoms with Gasteiger partial charge in [0, 0.05) is 13.3 Å². The number of ether oxygens (including phenoxy) is 1. The molecule has 3 unspecified atom stereocenters. The molecule has 26 heavy (non-hydrogen) atoms. The summed E-state index contributed by atoms with van der Waals surface area (Å²) in [6.07, 6.45) is 0.799. The van der Waals surface area contributed by atoms with E-state index >= 15 is 0 Å². The van der Waals surface area contributed by atoms with E-state index in [1.165, 1.54) is 0 Å². The number of rotatable bonds is 7. The number of aliphatic hydroxyl groups excluding tert-OH is 1. The number of alkyl halides is 4. The molecule has 0 saturated heterocycles. The van der Waals surface area contributed by atoms with E-state index in [0.29, 0.717) is 32.1 Å². The molecule has 8 heteroatoms. The SMILES string of the molecule is CC(F)(F)C(F)(F)CCC(O)COC(=O)C12CC3CC(CC(O)(C3)C1)C2. The minimum absolute atomic E-state index is 0.136. The Morgan fingerprint density at radius 2 is 1.77 bits per heavy atom. The second-order valence-electron chi connectivity index (χ2n) is 8.85. The Morgan fingerprint density at radius 1 is 1.19 bits per heavy atom. The van der Waals surface area contributed by atoms with Gasteiger partial charge in [-0.05, 0) is 56.8 Å². The third-order valence-corrected chi connectivity index (χ3v) is 6.30. The highest BCUT2D eigenvalue weighted by atomic mass is 19.3. The predicted molar refractivity (Wildman–Crippen MR) is 83.8 cm³/mol. The molecule has 0 heterocycles. The molecule has 4 saturated carbocycles. The average Bonchev–Trinajstić information content (AvgIpc) is 2.47. The number of esters is 1. The number of hydrogen-bond acceptors (Lipinski definition) is 4. The summed E-state index contributed by atoms with van der Waals surface area (Å²) in [5, 5.41) is 20.4. The summed E-state index contributed by atoms with van der Waals surface area (Å²) in [5.41, 5.74) is -1.60. The molecule has 4 fully saturated rings. The zero-order valence-electron chi connectivity index (χ0n) is 14.8. The predicted octanol–water partition coefficient (Wildman–Crippen LogP) is 3.29. The van der Waals surface area contributed by atoms with Gasteiger partial charge in [0.2, 0.25) is 0 Å². The second-order valence-corrected chi connectivity index (χ2v) is 8.85. The van der Waals surface area contributed by atoms with Crippen LogP contribution in [0.1, 0.15) is 58.3 Å². The number of carbonyl (C=O) groups is 1. The lowest BCUT2D eigenvalue weighted by molar-refractivity contribution is -0.206. The summed E-state index contributed by atoms with van der Waals surface area (Å²) < 4.78 is 57.2. The van der Waals surface area contributed by atoms with Crippen molar-refractivity contribution in [3.8, 4) is 0 Å². The summed E-state index contributed by atoms with van der Waals surface area (Å²) in [5.74, 6) is -8.34. The molecule has 0 radical (unpaired) electrons. The molecule has 0 spiro atoms. The molecular formula is C18H26F4O4. The molecule has 2 N–H and O–H groups in total. The number of hydrogen-bond donors (Lipinski definition) is 2. The van der Waals surface area contributed by atoms with Gasteiger partial charge in [-0.3, -0.25) is 4.79 Å². The fourth-order valence-electron chi connectivity index (χ4n) is 5.43. The van der Waals surface area contributed by atoms with Gasteiger partial charge in [0.1, 0.15) is 6.61 Å². The fourth-order valence-corrected chi connectivity index (χ4v) is 5.43. The van der Waals surface area contributed by atoms with E-state index in [2.05, 4.69) is 0 Å². The molecule has 4 aliphatic rings. The van der Waals surface area contributed by atoms with E-state index in [0.717, 1.165) is 6.42 Å². The van der Waals surface area contributed by atoms with Gasteiger partial charge in [-0.25, -0.2) is 8.78 Å². The van der Waals surface area contributed by atoms with Gasteiger partial charge >= 0.3 is 17.8 Å². The first kappa shape index (κ1) is 19.9. The van der Waals surface area contributed by atoms with Crippen LogP contribution in [0, 0.1) is 17.3 Å². The van der Waals surface area contributed by atoms with E-state index in [1.54, 1.807) is 0 Å². The van der Waals surface area contributed by atoms with Gasteiger partial charge in [0.25, 0.3) is 0 Å². The van der Waals surface area contributed by atoms with Gasteiger partial charge < -0.3 is 14.9 Å². The Hall–Kier alpha value is -0.890. The van der Waals surface area contributed by atoms with Crippen LogP contribution in [0.25, 0.3) is 0 Å². The maximum absolute atomic E-state index is 13.2. The van der Waals surface area contributed by atoms with Crippen molar-refractivity contribution >= 4 is 5.97 Å². The lowest BCUT2D eigenvalue weighted by Crippen LogP contribution is -2.58. The summed E-state index contributed by atoms with van der Waals surface area (Å²) in [6.45, 7) is -0.364. The quantitative estimate of drug-likeness (QED) is 0.524. The highest BCUT2D eigenvalue weighted by Crippen LogP contribution is 2.62. The van der Waals surface area contributed by atoms with Gasteiger partial charge in [0.05, 0.1) is 17.1 Å². The van der Waals surface area contributed by atoms with E-state index in [4.69, 9.17) is 4.74 Å². The molecule has 0 aromatic carbocycles. The Labute approximate surface area is 149 Å². The van der Waals surface area contributed by atoms with Crippen molar-refractivity contribution < 1.29 is 37.3 Å². The van der Waals surface area contributed by atoms with Crippen molar-refractivity contribution in [2.75, 3.05) is 6.61 Å². The first-order valence-electron chi connectivity index (χ1n) is 9.18. The summed E-state index contributed by atoms with van der Waals surface area (Å²) in [6, 6.07) is 0. The van der Waals surface area contributed by atoms with E-state index in [9.17, 15) is 32.6 Å². The van der Waals surface area contributed by atoms with Crippen LogP contribution in [0.15, 0.2) is 0 Å². The van der Waals surface area contributed by atoms with Crippen molar-refractivity contribution in [1.82, 2.24) is 0 Å². The van der Waals surface area contributed by atoms with Crippen molar-refractivity contribution in [3.63, 3.8) is 0 Å². The maximum atomic E-state index is 13.2. The van der Waals surface area contributed by atoms with Crippen LogP contribution in [0.3, 0.4) is 0 Å². The van der Waals surface area contributed by atoms with Crippen LogP contribution in [0.4, 0.5) is 17.6 Å². The Morgan fingerprint density at radius 3 is 2.27 bits per heavy atom. The van der Waals surface area contributed by atoms with Gasteiger partial charge in [-0.15, -0.1) is 0 Å². The first-order chi connectivity index (χ1) is 11.8. The van der Waals surface area contributed by atoms with Crippen LogP contribution in [0.5, 0.6) is 0 Å². The minimum Gasteiger partial charge on any atom is -0.463 e. The second kappa shape index (κ2) is 6.33. The molecule has 4 nitrogen and oxygen atoms in total. The van der Waals surface area contributed by atoms with Crippen molar-refractivity contribution in [3.05, 3.63) is 0 Å². The molecule has 4 aliphatic carbocycles. The average molecular weight is 382 g/mol. The van der Waals surface area contributed by atoms with Crippen LogP contribution in [0.2, 0.25) is 0 Å². The largest absolute Gasteiger partial charge is 0.463 e. The number of aliphatic hydroxyl groups is 2. The van der Waals surface area contributed by atoms with Crippen molar-refractivity contribution in [1.29, 1.82) is 0 Å². The molecule has 0 aromatic rings. The number of halogens is 4. The van der Waals surface area contributed by atoms with Crippen LogP contribution >= 0.6 is 0 Å². The minimum atomic E-state index is -4.22. The van der Waals surface area contributed by atoms with Gasteiger partial charge in [0.15, 0.2) is 0 Å². The smallest absolute Gasteiger partial charge is 0.312 e. The van der Waals surface area contributed by atoms with Crippen LogP contribution < -0.4 is 0 Å². The standard InChI is InChI=1S/C18H26F4O4/c1-15(19,20)18(21,22)3-2-13(23)9-26-14(24)16-5-11-4-12(6-16)8-17(25,7-11)10-16/h11-13,23,25H,2-10H2,1H3. The highest BCUT2D eigenvalue weighted by molar-refractivity contribution is 5.77. The van der Waals surface area contributed by atoms with Crippen LogP contribution in [-0.2, 0) is 9.53 Å². The summed E-state index contributed by atoms with van der Waals surface area (Å²) in [4.78, 5) is 12.6. The Bertz CT molecular complexity index is 546. The van der Waals surface area contributed by atoms with E-state index in [-0.39, 0.29) is 18.8 Å². The molecule has 0 aromatic heterocycles. The fraction of sp³-hybridized carbons (Fsp3) is 0.944. The van der Waals surface area contributed by atoms with E-state index in [1.807, 2.05) is 0 Å². The molecule has 4 bridgehead atoms. The van der Waals surface area contributed by atoms with Crippen LogP contribution in [-0.4, -0.2) is 46.3 Å². The topological polar surface area (TPSA) is 66.8 Å². The molecular weight excluding hydrogens is 356 g/mol. The Kier molecular flexibility index (Phi) is 4.83. The summed E-state index contributed by atoms with van der Waals surface area (Å²) in [7, 11) is 0. The maximum Gasteiger partial charge on any atom is 0.312 e. The molecule has 0 aliphatic heterocycles. The lowest BCUT2D eigenvalue weighted by Gasteiger charge is -2.58. The molecule has 4 rings (SSSR count). The van der Waals surface area contributed by atoms with E-state index < -0.39 is 54.4 Å². The molecule has 0 amide bonds. The number of carbonyl (C=O) groups excluding carboxylic acids is 1. The summed E-state index contributed by atoms with van der Waals surface area (Å²) >= 11 is 0. The van der Waals surface area contributed by atoms with Gasteiger partial charge in [-0.2, -0.15) is 8.78 Å². The molecule has 3 atom stereocenters.